The van der Waals surface area contributed by atoms with Crippen LogP contribution in [0.2, 0.25) is 5.02 Å². The van der Waals surface area contributed by atoms with Gasteiger partial charge in [-0.15, -0.1) is 0 Å². The van der Waals surface area contributed by atoms with E-state index in [1.54, 1.807) is 18.3 Å². The van der Waals surface area contributed by atoms with E-state index >= 15 is 0 Å². The Kier molecular flexibility index (Phi) is 4.23. The predicted octanol–water partition coefficient (Wildman–Crippen LogP) is 5.23. The molecule has 0 amide bonds. The van der Waals surface area contributed by atoms with Gasteiger partial charge in [0.15, 0.2) is 0 Å². The molecule has 4 aromatic rings. The van der Waals surface area contributed by atoms with Crippen LogP contribution < -0.4 is 5.73 Å². The molecule has 4 rings (SSSR count). The number of benzene rings is 2. The second-order valence-corrected chi connectivity index (χ2v) is 6.69. The van der Waals surface area contributed by atoms with Crippen LogP contribution in [0.4, 0.5) is 4.39 Å². The lowest BCUT2D eigenvalue weighted by atomic mass is 10.0. The van der Waals surface area contributed by atoms with Gasteiger partial charge in [0, 0.05) is 34.5 Å². The maximum atomic E-state index is 13.3. The summed E-state index contributed by atoms with van der Waals surface area (Å²) in [5.41, 5.74) is 12.5. The maximum absolute atomic E-state index is 13.3. The Balaban J connectivity index is 1.95. The summed E-state index contributed by atoms with van der Waals surface area (Å²) in [6, 6.07) is 14.3. The highest BCUT2D eigenvalue weighted by atomic mass is 35.5. The van der Waals surface area contributed by atoms with Gasteiger partial charge in [-0.05, 0) is 54.4 Å². The van der Waals surface area contributed by atoms with Crippen LogP contribution in [0.1, 0.15) is 11.1 Å². The standard InChI is InChI=1S/C21H17ClFN3/c1-13-2-7-17(19(22)8-13)18-12-26-20(14-3-5-16(23)6-4-14)11-25-21(26)9-15(18)10-24/h2-9,11-12H,10,24H2,1H3. The third kappa shape index (κ3) is 2.87. The molecule has 5 heteroatoms. The fourth-order valence-electron chi connectivity index (χ4n) is 3.15. The van der Waals surface area contributed by atoms with Crippen LogP contribution in [-0.2, 0) is 6.54 Å². The minimum Gasteiger partial charge on any atom is -0.326 e. The number of rotatable bonds is 3. The van der Waals surface area contributed by atoms with Gasteiger partial charge in [-0.2, -0.15) is 0 Å². The summed E-state index contributed by atoms with van der Waals surface area (Å²) in [5, 5.41) is 0.683. The van der Waals surface area contributed by atoms with Gasteiger partial charge in [0.05, 0.1) is 11.9 Å². The Morgan fingerprint density at radius 3 is 2.54 bits per heavy atom. The van der Waals surface area contributed by atoms with E-state index in [4.69, 9.17) is 17.3 Å². The molecule has 2 aromatic heterocycles. The molecule has 26 heavy (non-hydrogen) atoms. The molecule has 2 heterocycles. The summed E-state index contributed by atoms with van der Waals surface area (Å²) in [4.78, 5) is 4.48. The fourth-order valence-corrected chi connectivity index (χ4v) is 3.48. The Morgan fingerprint density at radius 1 is 1.08 bits per heavy atom. The van der Waals surface area contributed by atoms with E-state index in [0.29, 0.717) is 11.6 Å². The van der Waals surface area contributed by atoms with Gasteiger partial charge >= 0.3 is 0 Å². The van der Waals surface area contributed by atoms with Crippen molar-refractivity contribution in [1.29, 1.82) is 0 Å². The minimum absolute atomic E-state index is 0.264. The molecule has 130 valence electrons. The summed E-state index contributed by atoms with van der Waals surface area (Å²) in [6.07, 6.45) is 3.78. The van der Waals surface area contributed by atoms with E-state index in [9.17, 15) is 4.39 Å². The molecule has 2 N–H and O–H groups in total. The van der Waals surface area contributed by atoms with E-state index < -0.39 is 0 Å². The number of nitrogens with zero attached hydrogens (tertiary/aromatic N) is 2. The van der Waals surface area contributed by atoms with Gasteiger partial charge < -0.3 is 5.73 Å². The lowest BCUT2D eigenvalue weighted by molar-refractivity contribution is 0.628. The van der Waals surface area contributed by atoms with Crippen LogP contribution >= 0.6 is 11.6 Å². The van der Waals surface area contributed by atoms with Crippen molar-refractivity contribution in [3.63, 3.8) is 0 Å². The summed E-state index contributed by atoms with van der Waals surface area (Å²) >= 11 is 6.48. The first-order valence-electron chi connectivity index (χ1n) is 8.29. The Morgan fingerprint density at radius 2 is 1.85 bits per heavy atom. The number of aromatic nitrogens is 2. The lowest BCUT2D eigenvalue weighted by Gasteiger charge is -2.13. The first-order valence-corrected chi connectivity index (χ1v) is 8.67. The van der Waals surface area contributed by atoms with Gasteiger partial charge in [0.1, 0.15) is 11.5 Å². The van der Waals surface area contributed by atoms with Gasteiger partial charge in [0.2, 0.25) is 0 Å². The average Bonchev–Trinajstić information content (AvgIpc) is 3.04. The molecular formula is C21H17ClFN3. The molecule has 0 atom stereocenters. The first-order chi connectivity index (χ1) is 12.6. The molecule has 0 saturated heterocycles. The first kappa shape index (κ1) is 16.8. The molecular weight excluding hydrogens is 349 g/mol. The maximum Gasteiger partial charge on any atom is 0.137 e. The largest absolute Gasteiger partial charge is 0.326 e. The number of nitrogens with two attached hydrogens (primary N) is 1. The second kappa shape index (κ2) is 6.56. The second-order valence-electron chi connectivity index (χ2n) is 6.28. The topological polar surface area (TPSA) is 43.3 Å². The highest BCUT2D eigenvalue weighted by Crippen LogP contribution is 2.33. The Labute approximate surface area is 155 Å². The quantitative estimate of drug-likeness (QED) is 0.540. The van der Waals surface area contributed by atoms with Gasteiger partial charge in [-0.3, -0.25) is 4.40 Å². The van der Waals surface area contributed by atoms with Crippen molar-refractivity contribution in [1.82, 2.24) is 9.38 Å². The third-order valence-electron chi connectivity index (χ3n) is 4.51. The monoisotopic (exact) mass is 365 g/mol. The zero-order chi connectivity index (χ0) is 18.3. The van der Waals surface area contributed by atoms with Crippen LogP contribution in [0.25, 0.3) is 28.0 Å². The van der Waals surface area contributed by atoms with E-state index in [2.05, 4.69) is 4.98 Å². The lowest BCUT2D eigenvalue weighted by Crippen LogP contribution is -2.02. The number of fused-ring (bicyclic) bond motifs is 1. The number of aryl methyl sites for hydroxylation is 1. The molecule has 0 radical (unpaired) electrons. The van der Waals surface area contributed by atoms with Gasteiger partial charge in [-0.1, -0.05) is 23.7 Å². The molecule has 0 fully saturated rings. The highest BCUT2D eigenvalue weighted by molar-refractivity contribution is 6.33. The smallest absolute Gasteiger partial charge is 0.137 e. The van der Waals surface area contributed by atoms with Crippen LogP contribution in [-0.4, -0.2) is 9.38 Å². The van der Waals surface area contributed by atoms with E-state index in [1.807, 2.05) is 41.8 Å². The molecule has 0 bridgehead atoms. The van der Waals surface area contributed by atoms with Crippen LogP contribution in [0.15, 0.2) is 60.9 Å². The predicted molar refractivity (Wildman–Crippen MR) is 104 cm³/mol. The summed E-state index contributed by atoms with van der Waals surface area (Å²) < 4.78 is 15.2. The van der Waals surface area contributed by atoms with Crippen molar-refractivity contribution in [2.45, 2.75) is 13.5 Å². The normalized spacial score (nSPS) is 11.2. The van der Waals surface area contributed by atoms with E-state index in [-0.39, 0.29) is 5.82 Å². The van der Waals surface area contributed by atoms with Crippen LogP contribution in [0.5, 0.6) is 0 Å². The van der Waals surface area contributed by atoms with Gasteiger partial charge in [-0.25, -0.2) is 9.37 Å². The van der Waals surface area contributed by atoms with Crippen molar-refractivity contribution < 1.29 is 4.39 Å². The average molecular weight is 366 g/mol. The Hall–Kier alpha value is -2.69. The van der Waals surface area contributed by atoms with Crippen LogP contribution in [0.3, 0.4) is 0 Å². The molecule has 0 aliphatic carbocycles. The van der Waals surface area contributed by atoms with Crippen molar-refractivity contribution >= 4 is 17.2 Å². The number of hydrogen-bond acceptors (Lipinski definition) is 2. The summed E-state index contributed by atoms with van der Waals surface area (Å²) in [7, 11) is 0. The number of hydrogen-bond donors (Lipinski definition) is 1. The Bertz CT molecular complexity index is 1100. The molecule has 0 spiro atoms. The highest BCUT2D eigenvalue weighted by Gasteiger charge is 2.13. The minimum atomic E-state index is -0.264. The van der Waals surface area contributed by atoms with Gasteiger partial charge in [0.25, 0.3) is 0 Å². The zero-order valence-electron chi connectivity index (χ0n) is 14.2. The molecule has 3 nitrogen and oxygen atoms in total. The van der Waals surface area contributed by atoms with Crippen molar-refractivity contribution in [3.8, 4) is 22.4 Å². The molecule has 0 aliphatic rings. The number of pyridine rings is 1. The molecule has 0 aliphatic heterocycles. The SMILES string of the molecule is Cc1ccc(-c2cn3c(-c4ccc(F)cc4)cnc3cc2CN)c(Cl)c1. The fraction of sp³-hybridized carbons (Fsp3) is 0.0952. The molecule has 2 aromatic carbocycles. The van der Waals surface area contributed by atoms with Crippen LogP contribution in [0, 0.1) is 12.7 Å². The third-order valence-corrected chi connectivity index (χ3v) is 4.82. The number of halogens is 2. The van der Waals surface area contributed by atoms with Crippen molar-refractivity contribution in [2.24, 2.45) is 5.73 Å². The van der Waals surface area contributed by atoms with E-state index in [1.165, 1.54) is 12.1 Å². The number of imidazole rings is 1. The summed E-state index contributed by atoms with van der Waals surface area (Å²) in [6.45, 7) is 2.39. The van der Waals surface area contributed by atoms with Crippen molar-refractivity contribution in [2.75, 3.05) is 0 Å². The van der Waals surface area contributed by atoms with Crippen molar-refractivity contribution in [3.05, 3.63) is 82.9 Å². The molecule has 0 saturated carbocycles. The molecule has 0 unspecified atom stereocenters. The zero-order valence-corrected chi connectivity index (χ0v) is 15.0. The summed E-state index contributed by atoms with van der Waals surface area (Å²) in [5.74, 6) is -0.264. The van der Waals surface area contributed by atoms with E-state index in [0.717, 1.165) is 39.2 Å².